The van der Waals surface area contributed by atoms with E-state index < -0.39 is 0 Å². The van der Waals surface area contributed by atoms with Gasteiger partial charge in [0.25, 0.3) is 0 Å². The molecule has 0 radical (unpaired) electrons. The number of benzene rings is 3. The molecule has 24 heavy (non-hydrogen) atoms. The third kappa shape index (κ3) is 2.20. The third-order valence-electron chi connectivity index (χ3n) is 4.54. The van der Waals surface area contributed by atoms with Gasteiger partial charge in [-0.3, -0.25) is 4.79 Å². The first-order chi connectivity index (χ1) is 11.7. The van der Waals surface area contributed by atoms with Crippen LogP contribution in [0.5, 0.6) is 0 Å². The van der Waals surface area contributed by atoms with Crippen molar-refractivity contribution in [2.75, 3.05) is 0 Å². The smallest absolute Gasteiger partial charge is 0.151 e. The van der Waals surface area contributed by atoms with E-state index in [2.05, 4.69) is 76.0 Å². The topological polar surface area (TPSA) is 22.0 Å². The van der Waals surface area contributed by atoms with Gasteiger partial charge >= 0.3 is 0 Å². The van der Waals surface area contributed by atoms with Gasteiger partial charge in [0.2, 0.25) is 0 Å². The van der Waals surface area contributed by atoms with Crippen molar-refractivity contribution in [2.45, 2.75) is 13.5 Å². The maximum Gasteiger partial charge on any atom is 0.151 e. The summed E-state index contributed by atoms with van der Waals surface area (Å²) in [6.07, 6.45) is 0.892. The average Bonchev–Trinajstić information content (AvgIpc) is 2.96. The molecule has 0 saturated carbocycles. The standard InChI is InChI=1S/C21H16BrNO/c1-2-23-20-9-4-3-6-17(20)18-8-5-7-16(21(18)23)14-10-11-19(22)15(12-14)13-24/h3-13H,2H2,1H3. The van der Waals surface area contributed by atoms with Gasteiger partial charge in [0.05, 0.1) is 5.52 Å². The molecular formula is C21H16BrNO. The van der Waals surface area contributed by atoms with Gasteiger partial charge < -0.3 is 4.57 Å². The van der Waals surface area contributed by atoms with E-state index in [1.807, 2.05) is 12.1 Å². The fraction of sp³-hybridized carbons (Fsp3) is 0.0952. The summed E-state index contributed by atoms with van der Waals surface area (Å²) in [5.41, 5.74) is 5.35. The van der Waals surface area contributed by atoms with Gasteiger partial charge in [0.1, 0.15) is 0 Å². The molecule has 0 amide bonds. The number of halogens is 1. The molecule has 3 aromatic carbocycles. The Labute approximate surface area is 148 Å². The summed E-state index contributed by atoms with van der Waals surface area (Å²) >= 11 is 3.43. The Balaban J connectivity index is 2.12. The molecule has 0 atom stereocenters. The number of aldehydes is 1. The number of rotatable bonds is 3. The summed E-state index contributed by atoms with van der Waals surface area (Å²) in [6.45, 7) is 3.07. The van der Waals surface area contributed by atoms with Crippen LogP contribution in [0, 0.1) is 0 Å². The van der Waals surface area contributed by atoms with Crippen LogP contribution in [-0.2, 0) is 6.54 Å². The lowest BCUT2D eigenvalue weighted by Crippen LogP contribution is -1.95. The van der Waals surface area contributed by atoms with Crippen molar-refractivity contribution in [2.24, 2.45) is 0 Å². The molecule has 0 spiro atoms. The largest absolute Gasteiger partial charge is 0.340 e. The molecule has 0 unspecified atom stereocenters. The summed E-state index contributed by atoms with van der Waals surface area (Å²) in [7, 11) is 0. The van der Waals surface area contributed by atoms with Gasteiger partial charge in [0, 0.05) is 38.4 Å². The van der Waals surface area contributed by atoms with E-state index in [0.717, 1.165) is 28.4 Å². The Morgan fingerprint density at radius 2 is 1.79 bits per heavy atom. The lowest BCUT2D eigenvalue weighted by atomic mass is 10.0. The fourth-order valence-electron chi connectivity index (χ4n) is 3.47. The highest BCUT2D eigenvalue weighted by molar-refractivity contribution is 9.10. The van der Waals surface area contributed by atoms with Gasteiger partial charge in [0.15, 0.2) is 6.29 Å². The lowest BCUT2D eigenvalue weighted by molar-refractivity contribution is 0.112. The number of aromatic nitrogens is 1. The molecular weight excluding hydrogens is 362 g/mol. The maximum atomic E-state index is 11.3. The predicted molar refractivity (Wildman–Crippen MR) is 104 cm³/mol. The lowest BCUT2D eigenvalue weighted by Gasteiger charge is -2.10. The van der Waals surface area contributed by atoms with Crippen LogP contribution in [0.1, 0.15) is 17.3 Å². The number of carbonyl (C=O) groups excluding carboxylic acids is 1. The minimum Gasteiger partial charge on any atom is -0.340 e. The molecule has 0 bridgehead atoms. The minimum absolute atomic E-state index is 0.670. The number of aryl methyl sites for hydroxylation is 1. The molecule has 4 rings (SSSR count). The average molecular weight is 378 g/mol. The van der Waals surface area contributed by atoms with Crippen LogP contribution in [0.25, 0.3) is 32.9 Å². The molecule has 0 aliphatic carbocycles. The molecule has 1 aromatic heterocycles. The molecule has 0 aliphatic heterocycles. The van der Waals surface area contributed by atoms with Crippen LogP contribution >= 0.6 is 15.9 Å². The zero-order valence-corrected chi connectivity index (χ0v) is 14.9. The van der Waals surface area contributed by atoms with Crippen molar-refractivity contribution in [1.82, 2.24) is 4.57 Å². The van der Waals surface area contributed by atoms with Crippen molar-refractivity contribution >= 4 is 44.0 Å². The van der Waals surface area contributed by atoms with Crippen molar-refractivity contribution in [3.63, 3.8) is 0 Å². The second-order valence-corrected chi connectivity index (χ2v) is 6.67. The first kappa shape index (κ1) is 15.2. The second kappa shape index (κ2) is 5.91. The second-order valence-electron chi connectivity index (χ2n) is 5.82. The van der Waals surface area contributed by atoms with E-state index in [1.165, 1.54) is 21.8 Å². The number of para-hydroxylation sites is 2. The van der Waals surface area contributed by atoms with E-state index in [1.54, 1.807) is 0 Å². The third-order valence-corrected chi connectivity index (χ3v) is 5.26. The fourth-order valence-corrected chi connectivity index (χ4v) is 3.81. The first-order valence-corrected chi connectivity index (χ1v) is 8.79. The summed E-state index contributed by atoms with van der Waals surface area (Å²) in [5, 5.41) is 2.52. The number of nitrogens with zero attached hydrogens (tertiary/aromatic N) is 1. The summed E-state index contributed by atoms with van der Waals surface area (Å²) in [6, 6.07) is 20.8. The molecule has 1 heterocycles. The van der Waals surface area contributed by atoms with Crippen molar-refractivity contribution in [3.05, 3.63) is 70.7 Å². The monoisotopic (exact) mass is 377 g/mol. The quantitative estimate of drug-likeness (QED) is 0.398. The van der Waals surface area contributed by atoms with E-state index in [-0.39, 0.29) is 0 Å². The van der Waals surface area contributed by atoms with Crippen LogP contribution < -0.4 is 0 Å². The number of fused-ring (bicyclic) bond motifs is 3. The maximum absolute atomic E-state index is 11.3. The van der Waals surface area contributed by atoms with Gasteiger partial charge in [-0.25, -0.2) is 0 Å². The molecule has 0 aliphatic rings. The Morgan fingerprint density at radius 1 is 1.00 bits per heavy atom. The zero-order chi connectivity index (χ0) is 16.7. The van der Waals surface area contributed by atoms with Crippen molar-refractivity contribution < 1.29 is 4.79 Å². The summed E-state index contributed by atoms with van der Waals surface area (Å²) in [5.74, 6) is 0. The number of hydrogen-bond donors (Lipinski definition) is 0. The Morgan fingerprint density at radius 3 is 2.58 bits per heavy atom. The van der Waals surface area contributed by atoms with Gasteiger partial charge in [-0.2, -0.15) is 0 Å². The van der Waals surface area contributed by atoms with E-state index >= 15 is 0 Å². The minimum atomic E-state index is 0.670. The molecule has 2 nitrogen and oxygen atoms in total. The number of carbonyl (C=O) groups is 1. The van der Waals surface area contributed by atoms with Crippen LogP contribution in [0.15, 0.2) is 65.1 Å². The van der Waals surface area contributed by atoms with Gasteiger partial charge in [-0.1, -0.05) is 58.4 Å². The molecule has 0 saturated heterocycles. The zero-order valence-electron chi connectivity index (χ0n) is 13.3. The first-order valence-electron chi connectivity index (χ1n) is 7.99. The van der Waals surface area contributed by atoms with E-state index in [9.17, 15) is 4.79 Å². The highest BCUT2D eigenvalue weighted by Gasteiger charge is 2.14. The van der Waals surface area contributed by atoms with E-state index in [4.69, 9.17) is 0 Å². The molecule has 4 aromatic rings. The summed E-state index contributed by atoms with van der Waals surface area (Å²) < 4.78 is 3.17. The van der Waals surface area contributed by atoms with Crippen molar-refractivity contribution in [3.8, 4) is 11.1 Å². The highest BCUT2D eigenvalue weighted by atomic mass is 79.9. The van der Waals surface area contributed by atoms with Crippen LogP contribution in [0.2, 0.25) is 0 Å². The van der Waals surface area contributed by atoms with Gasteiger partial charge in [-0.15, -0.1) is 0 Å². The van der Waals surface area contributed by atoms with Crippen molar-refractivity contribution in [1.29, 1.82) is 0 Å². The van der Waals surface area contributed by atoms with Crippen LogP contribution in [-0.4, -0.2) is 10.9 Å². The SMILES string of the molecule is CCn1c2ccccc2c2cccc(-c3ccc(Br)c(C=O)c3)c21. The Bertz CT molecular complexity index is 1080. The molecule has 0 N–H and O–H groups in total. The Kier molecular flexibility index (Phi) is 3.73. The van der Waals surface area contributed by atoms with Crippen LogP contribution in [0.4, 0.5) is 0 Å². The molecule has 3 heteroatoms. The van der Waals surface area contributed by atoms with Gasteiger partial charge in [-0.05, 0) is 30.7 Å². The normalized spacial score (nSPS) is 11.2. The molecule has 0 fully saturated rings. The number of hydrogen-bond acceptors (Lipinski definition) is 1. The molecule has 118 valence electrons. The highest BCUT2D eigenvalue weighted by Crippen LogP contribution is 2.36. The van der Waals surface area contributed by atoms with E-state index in [0.29, 0.717) is 5.56 Å². The Hall–Kier alpha value is -2.39. The predicted octanol–water partition coefficient (Wildman–Crippen LogP) is 6.06. The summed E-state index contributed by atoms with van der Waals surface area (Å²) in [4.78, 5) is 11.3. The van der Waals surface area contributed by atoms with Crippen LogP contribution in [0.3, 0.4) is 0 Å².